The molecule has 2 aliphatic heterocycles. The van der Waals surface area contributed by atoms with Crippen LogP contribution >= 0.6 is 11.6 Å². The van der Waals surface area contributed by atoms with Crippen molar-refractivity contribution in [1.82, 2.24) is 15.2 Å². The molecule has 3 heterocycles. The fraction of sp³-hybridized carbons (Fsp3) is 0.600. The third-order valence-electron chi connectivity index (χ3n) is 4.04. The first-order chi connectivity index (χ1) is 10.2. The molecule has 1 aromatic rings. The number of nitrogens with zero attached hydrogens (tertiary/aromatic N) is 2. The highest BCUT2D eigenvalue weighted by molar-refractivity contribution is 6.30. The van der Waals surface area contributed by atoms with E-state index in [-0.39, 0.29) is 18.1 Å². The Hall–Kier alpha value is -1.33. The minimum absolute atomic E-state index is 0.00240. The van der Waals surface area contributed by atoms with Gasteiger partial charge in [0.1, 0.15) is 6.10 Å². The second-order valence-electron chi connectivity index (χ2n) is 5.63. The minimum Gasteiger partial charge on any atom is -0.472 e. The predicted octanol–water partition coefficient (Wildman–Crippen LogP) is 1.86. The summed E-state index contributed by atoms with van der Waals surface area (Å²) in [5, 5.41) is 3.86. The number of aromatic nitrogens is 1. The monoisotopic (exact) mass is 309 g/mol. The number of rotatable bonds is 3. The number of halogens is 1. The van der Waals surface area contributed by atoms with Gasteiger partial charge in [-0.25, -0.2) is 4.98 Å². The summed E-state index contributed by atoms with van der Waals surface area (Å²) in [4.78, 5) is 18.5. The Bertz CT molecular complexity index is 488. The molecule has 0 saturated carbocycles. The normalized spacial score (nSPS) is 25.9. The largest absolute Gasteiger partial charge is 0.472 e. The van der Waals surface area contributed by atoms with Gasteiger partial charge in [-0.3, -0.25) is 4.79 Å². The summed E-state index contributed by atoms with van der Waals surface area (Å²) < 4.78 is 5.87. The molecule has 1 aromatic heterocycles. The van der Waals surface area contributed by atoms with E-state index >= 15 is 0 Å². The fourth-order valence-corrected chi connectivity index (χ4v) is 3.06. The molecule has 5 nitrogen and oxygen atoms in total. The van der Waals surface area contributed by atoms with Gasteiger partial charge in [-0.05, 0) is 38.3 Å². The molecule has 0 aromatic carbocycles. The lowest BCUT2D eigenvalue weighted by atomic mass is 10.1. The lowest BCUT2D eigenvalue weighted by Gasteiger charge is -2.34. The van der Waals surface area contributed by atoms with Crippen molar-refractivity contribution in [3.8, 4) is 5.88 Å². The molecular formula is C15H20ClN3O2. The summed E-state index contributed by atoms with van der Waals surface area (Å²) in [7, 11) is 0. The first-order valence-electron chi connectivity index (χ1n) is 7.53. The number of amides is 1. The maximum atomic E-state index is 12.4. The smallest absolute Gasteiger partial charge is 0.239 e. The highest BCUT2D eigenvalue weighted by Crippen LogP contribution is 2.19. The average molecular weight is 310 g/mol. The first-order valence-corrected chi connectivity index (χ1v) is 7.90. The molecule has 0 radical (unpaired) electrons. The number of hydrogen-bond donors (Lipinski definition) is 1. The van der Waals surface area contributed by atoms with Crippen molar-refractivity contribution in [1.29, 1.82) is 0 Å². The number of pyridine rings is 1. The zero-order valence-electron chi connectivity index (χ0n) is 11.9. The van der Waals surface area contributed by atoms with Crippen LogP contribution in [0.2, 0.25) is 5.02 Å². The van der Waals surface area contributed by atoms with Crippen LogP contribution in [-0.4, -0.2) is 47.6 Å². The number of ether oxygens (including phenoxy) is 1. The molecule has 1 amide bonds. The Morgan fingerprint density at radius 1 is 1.38 bits per heavy atom. The van der Waals surface area contributed by atoms with Gasteiger partial charge in [0.2, 0.25) is 11.8 Å². The van der Waals surface area contributed by atoms with Crippen molar-refractivity contribution in [3.63, 3.8) is 0 Å². The van der Waals surface area contributed by atoms with Crippen LogP contribution in [0.4, 0.5) is 0 Å². The third-order valence-corrected chi connectivity index (χ3v) is 4.26. The molecule has 2 aliphatic rings. The Balaban J connectivity index is 1.57. The van der Waals surface area contributed by atoms with Crippen LogP contribution in [-0.2, 0) is 4.79 Å². The topological polar surface area (TPSA) is 54.5 Å². The third kappa shape index (κ3) is 3.66. The molecule has 0 unspecified atom stereocenters. The number of carbonyl (C=O) groups excluding carboxylic acids is 1. The van der Waals surface area contributed by atoms with Gasteiger partial charge in [0.15, 0.2) is 0 Å². The van der Waals surface area contributed by atoms with Gasteiger partial charge in [-0.15, -0.1) is 0 Å². The maximum absolute atomic E-state index is 12.4. The van der Waals surface area contributed by atoms with E-state index < -0.39 is 0 Å². The van der Waals surface area contributed by atoms with Crippen LogP contribution in [0.3, 0.4) is 0 Å². The van der Waals surface area contributed by atoms with Gasteiger partial charge >= 0.3 is 0 Å². The van der Waals surface area contributed by atoms with E-state index in [0.717, 1.165) is 38.8 Å². The molecule has 0 aliphatic carbocycles. The number of carbonyl (C=O) groups is 1. The van der Waals surface area contributed by atoms with Crippen molar-refractivity contribution in [3.05, 3.63) is 23.4 Å². The summed E-state index contributed by atoms with van der Waals surface area (Å²) in [5.74, 6) is 0.780. The first kappa shape index (κ1) is 14.6. The quantitative estimate of drug-likeness (QED) is 0.926. The van der Waals surface area contributed by atoms with Crippen molar-refractivity contribution in [2.75, 3.05) is 19.6 Å². The SMILES string of the molecule is O=C([C@@H]1CCCN1)N1CCC[C@H](Oc2ccc(Cl)cn2)C1. The van der Waals surface area contributed by atoms with E-state index in [0.29, 0.717) is 17.4 Å². The summed E-state index contributed by atoms with van der Waals surface area (Å²) in [6.07, 6.45) is 5.53. The second-order valence-corrected chi connectivity index (χ2v) is 6.07. The van der Waals surface area contributed by atoms with Gasteiger partial charge in [0.05, 0.1) is 17.6 Å². The molecule has 1 N–H and O–H groups in total. The van der Waals surface area contributed by atoms with E-state index in [1.54, 1.807) is 18.3 Å². The summed E-state index contributed by atoms with van der Waals surface area (Å²) >= 11 is 5.81. The number of piperidine rings is 1. The molecule has 0 spiro atoms. The van der Waals surface area contributed by atoms with E-state index in [4.69, 9.17) is 16.3 Å². The maximum Gasteiger partial charge on any atom is 0.239 e. The Labute approximate surface area is 129 Å². The van der Waals surface area contributed by atoms with Crippen molar-refractivity contribution >= 4 is 17.5 Å². The number of likely N-dealkylation sites (tertiary alicyclic amines) is 1. The lowest BCUT2D eigenvalue weighted by molar-refractivity contribution is -0.135. The highest BCUT2D eigenvalue weighted by Gasteiger charge is 2.31. The van der Waals surface area contributed by atoms with Gasteiger partial charge < -0.3 is 15.0 Å². The summed E-state index contributed by atoms with van der Waals surface area (Å²) in [5.41, 5.74) is 0. The fourth-order valence-electron chi connectivity index (χ4n) is 2.95. The van der Waals surface area contributed by atoms with E-state index in [2.05, 4.69) is 10.3 Å². The van der Waals surface area contributed by atoms with E-state index in [9.17, 15) is 4.79 Å². The molecule has 2 saturated heterocycles. The highest BCUT2D eigenvalue weighted by atomic mass is 35.5. The van der Waals surface area contributed by atoms with Crippen LogP contribution in [0.5, 0.6) is 5.88 Å². The van der Waals surface area contributed by atoms with E-state index in [1.807, 2.05) is 4.90 Å². The second kappa shape index (κ2) is 6.62. The molecule has 2 atom stereocenters. The zero-order chi connectivity index (χ0) is 14.7. The molecule has 3 rings (SSSR count). The van der Waals surface area contributed by atoms with Gasteiger partial charge in [-0.2, -0.15) is 0 Å². The lowest BCUT2D eigenvalue weighted by Crippen LogP contribution is -2.50. The van der Waals surface area contributed by atoms with Gasteiger partial charge in [0, 0.05) is 18.8 Å². The van der Waals surface area contributed by atoms with Crippen LogP contribution < -0.4 is 10.1 Å². The van der Waals surface area contributed by atoms with Gasteiger partial charge in [-0.1, -0.05) is 11.6 Å². The van der Waals surface area contributed by atoms with Crippen LogP contribution in [0.1, 0.15) is 25.7 Å². The Kier molecular flexibility index (Phi) is 4.60. The average Bonchev–Trinajstić information content (AvgIpc) is 3.03. The molecule has 0 bridgehead atoms. The molecule has 21 heavy (non-hydrogen) atoms. The van der Waals surface area contributed by atoms with Crippen LogP contribution in [0.15, 0.2) is 18.3 Å². The predicted molar refractivity (Wildman–Crippen MR) is 80.5 cm³/mol. The van der Waals surface area contributed by atoms with Crippen molar-refractivity contribution in [2.24, 2.45) is 0 Å². The molecule has 114 valence electrons. The summed E-state index contributed by atoms with van der Waals surface area (Å²) in [6, 6.07) is 3.53. The number of nitrogens with one attached hydrogen (secondary N) is 1. The molecule has 2 fully saturated rings. The zero-order valence-corrected chi connectivity index (χ0v) is 12.7. The van der Waals surface area contributed by atoms with Crippen LogP contribution in [0, 0.1) is 0 Å². The number of hydrogen-bond acceptors (Lipinski definition) is 4. The molecular weight excluding hydrogens is 290 g/mol. The Morgan fingerprint density at radius 3 is 3.00 bits per heavy atom. The Morgan fingerprint density at radius 2 is 2.29 bits per heavy atom. The van der Waals surface area contributed by atoms with Crippen LogP contribution in [0.25, 0.3) is 0 Å². The van der Waals surface area contributed by atoms with Crippen molar-refractivity contribution in [2.45, 2.75) is 37.8 Å². The van der Waals surface area contributed by atoms with Gasteiger partial charge in [0.25, 0.3) is 0 Å². The standard InChI is InChI=1S/C15H20ClN3O2/c16-11-5-6-14(18-9-11)21-12-3-2-8-19(10-12)15(20)13-4-1-7-17-13/h5-6,9,12-13,17H,1-4,7-8,10H2/t12-,13-/m0/s1. The molecule has 6 heteroatoms. The minimum atomic E-state index is -0.00240. The summed E-state index contributed by atoms with van der Waals surface area (Å²) in [6.45, 7) is 2.41. The van der Waals surface area contributed by atoms with Crippen molar-refractivity contribution < 1.29 is 9.53 Å². The van der Waals surface area contributed by atoms with E-state index in [1.165, 1.54) is 0 Å².